The Kier molecular flexibility index (Phi) is 3.95. The lowest BCUT2D eigenvalue weighted by molar-refractivity contribution is 0.306. The van der Waals surface area contributed by atoms with E-state index in [1.165, 1.54) is 10.8 Å². The molecule has 3 aromatic carbocycles. The second-order valence-electron chi connectivity index (χ2n) is 7.09. The first kappa shape index (κ1) is 17.1. The van der Waals surface area contributed by atoms with E-state index in [9.17, 15) is 0 Å². The first-order valence-electron chi connectivity index (χ1n) is 9.63. The van der Waals surface area contributed by atoms with Crippen LogP contribution in [0.1, 0.15) is 5.56 Å². The van der Waals surface area contributed by atoms with E-state index in [0.717, 1.165) is 32.7 Å². The fraction of sp³-hybridized carbons (Fsp3) is 0.0417. The van der Waals surface area contributed by atoms with E-state index >= 15 is 0 Å². The molecule has 0 radical (unpaired) electrons. The molecule has 6 heteroatoms. The zero-order valence-corrected chi connectivity index (χ0v) is 16.7. The Morgan fingerprint density at radius 2 is 1.83 bits per heavy atom. The van der Waals surface area contributed by atoms with Crippen LogP contribution in [0.2, 0.25) is 0 Å². The lowest BCUT2D eigenvalue weighted by Crippen LogP contribution is -1.96. The molecule has 0 aliphatic heterocycles. The first-order chi connectivity index (χ1) is 14.8. The molecule has 3 aromatic heterocycles. The number of aromatic nitrogens is 4. The number of hydrogen-bond acceptors (Lipinski definition) is 5. The standard InChI is InChI=1S/C24H16N4OS/c1-2-6-18-13-20(9-8-17(18)5-1)29-14-16-4-3-7-19(12-16)22-26-23-21-10-11-30-24(21)25-15-28(23)27-22/h1-13,15H,14H2. The van der Waals surface area contributed by atoms with Gasteiger partial charge in [0.2, 0.25) is 0 Å². The van der Waals surface area contributed by atoms with Gasteiger partial charge in [-0.2, -0.15) is 0 Å². The van der Waals surface area contributed by atoms with Gasteiger partial charge in [-0.05, 0) is 46.0 Å². The molecule has 0 atom stereocenters. The van der Waals surface area contributed by atoms with E-state index < -0.39 is 0 Å². The maximum Gasteiger partial charge on any atom is 0.182 e. The summed E-state index contributed by atoms with van der Waals surface area (Å²) in [5.41, 5.74) is 2.86. The van der Waals surface area contributed by atoms with Crippen LogP contribution in [0.5, 0.6) is 5.75 Å². The summed E-state index contributed by atoms with van der Waals surface area (Å²) in [5.74, 6) is 1.54. The molecular formula is C24H16N4OS. The predicted octanol–water partition coefficient (Wildman–Crippen LogP) is 5.74. The quantitative estimate of drug-likeness (QED) is 0.373. The molecule has 0 bridgehead atoms. The Hall–Kier alpha value is -3.77. The highest BCUT2D eigenvalue weighted by Gasteiger charge is 2.11. The second-order valence-corrected chi connectivity index (χ2v) is 7.98. The third-order valence-corrected chi connectivity index (χ3v) is 5.93. The van der Waals surface area contributed by atoms with Crippen LogP contribution in [0.3, 0.4) is 0 Å². The van der Waals surface area contributed by atoms with Gasteiger partial charge in [0, 0.05) is 5.56 Å². The summed E-state index contributed by atoms with van der Waals surface area (Å²) in [7, 11) is 0. The van der Waals surface area contributed by atoms with E-state index in [4.69, 9.17) is 9.72 Å². The summed E-state index contributed by atoms with van der Waals surface area (Å²) in [5, 5.41) is 10.0. The van der Waals surface area contributed by atoms with Crippen molar-refractivity contribution in [1.29, 1.82) is 0 Å². The van der Waals surface area contributed by atoms with Crippen molar-refractivity contribution < 1.29 is 4.74 Å². The molecule has 0 aliphatic rings. The highest BCUT2D eigenvalue weighted by molar-refractivity contribution is 7.16. The average Bonchev–Trinajstić information content (AvgIpc) is 3.44. The minimum Gasteiger partial charge on any atom is -0.489 e. The minimum atomic E-state index is 0.482. The van der Waals surface area contributed by atoms with Crippen LogP contribution in [0.25, 0.3) is 38.0 Å². The summed E-state index contributed by atoms with van der Waals surface area (Å²) in [6.45, 7) is 0.482. The zero-order chi connectivity index (χ0) is 19.9. The predicted molar refractivity (Wildman–Crippen MR) is 120 cm³/mol. The summed E-state index contributed by atoms with van der Waals surface area (Å²) < 4.78 is 7.78. The van der Waals surface area contributed by atoms with Crippen molar-refractivity contribution in [2.75, 3.05) is 0 Å². The van der Waals surface area contributed by atoms with Gasteiger partial charge < -0.3 is 4.74 Å². The Morgan fingerprint density at radius 3 is 2.80 bits per heavy atom. The molecule has 3 heterocycles. The molecule has 0 fully saturated rings. The number of nitrogens with zero attached hydrogens (tertiary/aromatic N) is 4. The lowest BCUT2D eigenvalue weighted by Gasteiger charge is -2.08. The molecule has 0 aliphatic carbocycles. The van der Waals surface area contributed by atoms with Gasteiger partial charge in [0.25, 0.3) is 0 Å². The summed E-state index contributed by atoms with van der Waals surface area (Å²) in [6, 6.07) is 24.6. The van der Waals surface area contributed by atoms with Gasteiger partial charge in [-0.3, -0.25) is 0 Å². The Balaban J connectivity index is 1.28. The van der Waals surface area contributed by atoms with Crippen LogP contribution < -0.4 is 4.74 Å². The van der Waals surface area contributed by atoms with Crippen LogP contribution in [0.15, 0.2) is 84.5 Å². The van der Waals surface area contributed by atoms with Crippen molar-refractivity contribution in [3.63, 3.8) is 0 Å². The maximum atomic E-state index is 6.04. The molecule has 6 rings (SSSR count). The number of rotatable bonds is 4. The average molecular weight is 408 g/mol. The zero-order valence-electron chi connectivity index (χ0n) is 15.9. The normalized spacial score (nSPS) is 11.5. The third kappa shape index (κ3) is 2.98. The van der Waals surface area contributed by atoms with Gasteiger partial charge in [-0.1, -0.05) is 48.5 Å². The van der Waals surface area contributed by atoms with Crippen molar-refractivity contribution in [2.24, 2.45) is 0 Å². The summed E-state index contributed by atoms with van der Waals surface area (Å²) in [4.78, 5) is 10.2. The van der Waals surface area contributed by atoms with Gasteiger partial charge in [0.05, 0.1) is 5.39 Å². The topological polar surface area (TPSA) is 52.3 Å². The van der Waals surface area contributed by atoms with E-state index in [2.05, 4.69) is 46.5 Å². The van der Waals surface area contributed by atoms with Crippen molar-refractivity contribution in [2.45, 2.75) is 6.61 Å². The molecule has 0 unspecified atom stereocenters. The van der Waals surface area contributed by atoms with E-state index in [1.807, 2.05) is 41.8 Å². The van der Waals surface area contributed by atoms with Gasteiger partial charge >= 0.3 is 0 Å². The summed E-state index contributed by atoms with van der Waals surface area (Å²) in [6.07, 6.45) is 1.72. The largest absolute Gasteiger partial charge is 0.489 e. The SMILES string of the molecule is c1cc(COc2ccc3ccccc3c2)cc(-c2nc3c4ccsc4ncn3n2)c1. The summed E-state index contributed by atoms with van der Waals surface area (Å²) >= 11 is 1.61. The van der Waals surface area contributed by atoms with E-state index in [0.29, 0.717) is 12.4 Å². The molecule has 5 nitrogen and oxygen atoms in total. The third-order valence-electron chi connectivity index (χ3n) is 5.11. The van der Waals surface area contributed by atoms with Crippen LogP contribution >= 0.6 is 11.3 Å². The Morgan fingerprint density at radius 1 is 0.900 bits per heavy atom. The number of fused-ring (bicyclic) bond motifs is 4. The van der Waals surface area contributed by atoms with Gasteiger partial charge in [0.1, 0.15) is 23.5 Å². The Bertz CT molecular complexity index is 1520. The molecule has 6 aromatic rings. The minimum absolute atomic E-state index is 0.482. The fourth-order valence-corrected chi connectivity index (χ4v) is 4.34. The highest BCUT2D eigenvalue weighted by atomic mass is 32.1. The monoisotopic (exact) mass is 408 g/mol. The van der Waals surface area contributed by atoms with Gasteiger partial charge in [-0.25, -0.2) is 14.5 Å². The molecule has 0 saturated carbocycles. The number of thiophene rings is 1. The first-order valence-corrected chi connectivity index (χ1v) is 10.5. The highest BCUT2D eigenvalue weighted by Crippen LogP contribution is 2.25. The molecule has 0 spiro atoms. The lowest BCUT2D eigenvalue weighted by atomic mass is 10.1. The van der Waals surface area contributed by atoms with Crippen molar-refractivity contribution in [1.82, 2.24) is 19.6 Å². The van der Waals surface area contributed by atoms with Crippen LogP contribution in [-0.2, 0) is 6.61 Å². The van der Waals surface area contributed by atoms with Crippen LogP contribution in [0.4, 0.5) is 0 Å². The molecule has 0 N–H and O–H groups in total. The van der Waals surface area contributed by atoms with E-state index in [-0.39, 0.29) is 0 Å². The smallest absolute Gasteiger partial charge is 0.182 e. The molecular weight excluding hydrogens is 392 g/mol. The van der Waals surface area contributed by atoms with Crippen LogP contribution in [0, 0.1) is 0 Å². The van der Waals surface area contributed by atoms with Crippen molar-refractivity contribution in [3.05, 3.63) is 90.1 Å². The second kappa shape index (κ2) is 6.93. The molecule has 0 saturated heterocycles. The molecule has 0 amide bonds. The molecule has 144 valence electrons. The maximum absolute atomic E-state index is 6.04. The van der Waals surface area contributed by atoms with E-state index in [1.54, 1.807) is 22.2 Å². The number of ether oxygens (including phenoxy) is 1. The fourth-order valence-electron chi connectivity index (χ4n) is 3.61. The molecule has 30 heavy (non-hydrogen) atoms. The van der Waals surface area contributed by atoms with Crippen molar-refractivity contribution in [3.8, 4) is 17.1 Å². The van der Waals surface area contributed by atoms with Crippen molar-refractivity contribution >= 4 is 38.0 Å². The number of hydrogen-bond donors (Lipinski definition) is 0. The number of benzene rings is 3. The Labute approximate surface area is 176 Å². The van der Waals surface area contributed by atoms with Gasteiger partial charge in [0.15, 0.2) is 11.5 Å². The van der Waals surface area contributed by atoms with Crippen LogP contribution in [-0.4, -0.2) is 19.6 Å². The van der Waals surface area contributed by atoms with Gasteiger partial charge in [-0.15, -0.1) is 16.4 Å².